The van der Waals surface area contributed by atoms with Crippen molar-refractivity contribution in [2.45, 2.75) is 32.8 Å². The molecule has 0 aromatic heterocycles. The zero-order valence-electron chi connectivity index (χ0n) is 5.65. The average Bonchev–Trinajstić information content (AvgIpc) is 1.84. The van der Waals surface area contributed by atoms with Gasteiger partial charge in [0, 0.05) is 0 Å². The number of aliphatic hydroxyl groups is 1. The minimum absolute atomic E-state index is 0.278. The van der Waals surface area contributed by atoms with Gasteiger partial charge in [0.25, 0.3) is 0 Å². The molecule has 1 N–H and O–H groups in total. The highest BCUT2D eigenvalue weighted by atomic mass is 16.3. The van der Waals surface area contributed by atoms with Gasteiger partial charge in [-0.2, -0.15) is 0 Å². The summed E-state index contributed by atoms with van der Waals surface area (Å²) in [6.45, 7) is 7.65. The first-order valence-electron chi connectivity index (χ1n) is 3.08. The molecule has 0 bridgehead atoms. The van der Waals surface area contributed by atoms with Crippen LogP contribution in [0.2, 0.25) is 0 Å². The Morgan fingerprint density at radius 2 is 2.12 bits per heavy atom. The molecule has 0 aliphatic rings. The molecule has 0 amide bonds. The van der Waals surface area contributed by atoms with Crippen LogP contribution in [0.25, 0.3) is 0 Å². The molecule has 0 aromatic rings. The minimum atomic E-state index is -0.278. The maximum absolute atomic E-state index is 9.03. The van der Waals surface area contributed by atoms with Crippen molar-refractivity contribution in [2.24, 2.45) is 0 Å². The molecule has 0 aliphatic heterocycles. The van der Waals surface area contributed by atoms with Gasteiger partial charge in [0.05, 0.1) is 6.10 Å². The van der Waals surface area contributed by atoms with Gasteiger partial charge in [-0.15, -0.1) is 0 Å². The maximum atomic E-state index is 9.03. The Labute approximate surface area is 51.0 Å². The number of hydrogen-bond acceptors (Lipinski definition) is 1. The lowest BCUT2D eigenvalue weighted by atomic mass is 10.1. The fourth-order valence-corrected chi connectivity index (χ4v) is 0.524. The van der Waals surface area contributed by atoms with Gasteiger partial charge in [-0.1, -0.05) is 20.4 Å². The summed E-state index contributed by atoms with van der Waals surface area (Å²) in [5.74, 6) is 0. The summed E-state index contributed by atoms with van der Waals surface area (Å²) in [5, 5.41) is 9.03. The zero-order valence-corrected chi connectivity index (χ0v) is 5.65. The van der Waals surface area contributed by atoms with E-state index in [0.29, 0.717) is 0 Å². The second-order valence-electron chi connectivity index (χ2n) is 1.94. The van der Waals surface area contributed by atoms with Crippen molar-refractivity contribution in [1.29, 1.82) is 0 Å². The lowest BCUT2D eigenvalue weighted by molar-refractivity contribution is 0.204. The van der Waals surface area contributed by atoms with E-state index >= 15 is 0 Å². The van der Waals surface area contributed by atoms with Crippen LogP contribution in [0.15, 0.2) is 12.2 Å². The molecule has 0 saturated heterocycles. The van der Waals surface area contributed by atoms with Crippen molar-refractivity contribution < 1.29 is 5.11 Å². The molecule has 0 aliphatic carbocycles. The van der Waals surface area contributed by atoms with Gasteiger partial charge in [-0.25, -0.2) is 0 Å². The fraction of sp³-hybridized carbons (Fsp3) is 0.714. The molecule has 48 valence electrons. The molecular formula is C7H14O. The summed E-state index contributed by atoms with van der Waals surface area (Å²) >= 11 is 0. The lowest BCUT2D eigenvalue weighted by Gasteiger charge is -2.07. The monoisotopic (exact) mass is 114 g/mol. The van der Waals surface area contributed by atoms with Gasteiger partial charge >= 0.3 is 0 Å². The van der Waals surface area contributed by atoms with E-state index in [4.69, 9.17) is 5.11 Å². The Balaban J connectivity index is 3.46. The van der Waals surface area contributed by atoms with E-state index in [0.717, 1.165) is 18.4 Å². The highest BCUT2D eigenvalue weighted by Gasteiger charge is 2.00. The van der Waals surface area contributed by atoms with Crippen LogP contribution in [-0.4, -0.2) is 11.2 Å². The van der Waals surface area contributed by atoms with Crippen molar-refractivity contribution in [3.05, 3.63) is 12.2 Å². The highest BCUT2D eigenvalue weighted by Crippen LogP contribution is 2.05. The van der Waals surface area contributed by atoms with E-state index in [-0.39, 0.29) is 6.10 Å². The van der Waals surface area contributed by atoms with Crippen LogP contribution in [-0.2, 0) is 0 Å². The van der Waals surface area contributed by atoms with E-state index < -0.39 is 0 Å². The van der Waals surface area contributed by atoms with Gasteiger partial charge in [-0.3, -0.25) is 0 Å². The number of aliphatic hydroxyl groups excluding tert-OH is 1. The maximum Gasteiger partial charge on any atom is 0.0744 e. The van der Waals surface area contributed by atoms with Crippen LogP contribution in [0.4, 0.5) is 0 Å². The second-order valence-corrected chi connectivity index (χ2v) is 1.94. The molecule has 1 heteroatoms. The van der Waals surface area contributed by atoms with Crippen LogP contribution in [0.3, 0.4) is 0 Å². The minimum Gasteiger partial charge on any atom is -0.389 e. The van der Waals surface area contributed by atoms with Crippen LogP contribution < -0.4 is 0 Å². The Kier molecular flexibility index (Phi) is 3.53. The lowest BCUT2D eigenvalue weighted by Crippen LogP contribution is -2.05. The molecule has 1 atom stereocenters. The highest BCUT2D eigenvalue weighted by molar-refractivity contribution is 4.99. The fourth-order valence-electron chi connectivity index (χ4n) is 0.524. The van der Waals surface area contributed by atoms with Crippen LogP contribution >= 0.6 is 0 Å². The summed E-state index contributed by atoms with van der Waals surface area (Å²) < 4.78 is 0. The Morgan fingerprint density at radius 3 is 2.25 bits per heavy atom. The largest absolute Gasteiger partial charge is 0.389 e. The Bertz CT molecular complexity index is 76.5. The Morgan fingerprint density at radius 1 is 1.62 bits per heavy atom. The third-order valence-electron chi connectivity index (χ3n) is 1.31. The molecular weight excluding hydrogens is 100 g/mol. The SMILES string of the molecule is C=C(CC)[C@H](O)CC. The standard InChI is InChI=1S/C7H14O/c1-4-6(3)7(8)5-2/h7-8H,3-5H2,1-2H3/t7-/m1/s1. The van der Waals surface area contributed by atoms with Gasteiger partial charge in [-0.05, 0) is 18.4 Å². The predicted octanol–water partition coefficient (Wildman–Crippen LogP) is 1.72. The van der Waals surface area contributed by atoms with Crippen molar-refractivity contribution >= 4 is 0 Å². The molecule has 0 saturated carbocycles. The van der Waals surface area contributed by atoms with E-state index in [1.165, 1.54) is 0 Å². The normalized spacial score (nSPS) is 13.4. The van der Waals surface area contributed by atoms with Gasteiger partial charge in [0.15, 0.2) is 0 Å². The average molecular weight is 114 g/mol. The van der Waals surface area contributed by atoms with Gasteiger partial charge in [0.2, 0.25) is 0 Å². The molecule has 0 fully saturated rings. The van der Waals surface area contributed by atoms with Gasteiger partial charge < -0.3 is 5.11 Å². The molecule has 0 heterocycles. The molecule has 0 rings (SSSR count). The van der Waals surface area contributed by atoms with E-state index in [1.807, 2.05) is 13.8 Å². The van der Waals surface area contributed by atoms with Crippen molar-refractivity contribution in [3.63, 3.8) is 0 Å². The van der Waals surface area contributed by atoms with E-state index in [1.54, 1.807) is 0 Å². The predicted molar refractivity (Wildman–Crippen MR) is 35.7 cm³/mol. The van der Waals surface area contributed by atoms with Gasteiger partial charge in [0.1, 0.15) is 0 Å². The smallest absolute Gasteiger partial charge is 0.0744 e. The number of hydrogen-bond donors (Lipinski definition) is 1. The third-order valence-corrected chi connectivity index (χ3v) is 1.31. The molecule has 0 aromatic carbocycles. The molecule has 1 nitrogen and oxygen atoms in total. The first-order valence-corrected chi connectivity index (χ1v) is 3.08. The number of rotatable bonds is 3. The summed E-state index contributed by atoms with van der Waals surface area (Å²) in [4.78, 5) is 0. The van der Waals surface area contributed by atoms with E-state index in [9.17, 15) is 0 Å². The summed E-state index contributed by atoms with van der Waals surface area (Å²) in [6.07, 6.45) is 1.39. The van der Waals surface area contributed by atoms with Crippen molar-refractivity contribution in [2.75, 3.05) is 0 Å². The first kappa shape index (κ1) is 7.70. The molecule has 0 unspecified atom stereocenters. The summed E-state index contributed by atoms with van der Waals surface area (Å²) in [5.41, 5.74) is 0.938. The summed E-state index contributed by atoms with van der Waals surface area (Å²) in [6, 6.07) is 0. The first-order chi connectivity index (χ1) is 3.72. The third kappa shape index (κ3) is 2.12. The topological polar surface area (TPSA) is 20.2 Å². The van der Waals surface area contributed by atoms with Crippen LogP contribution in [0.5, 0.6) is 0 Å². The van der Waals surface area contributed by atoms with Crippen LogP contribution in [0, 0.1) is 0 Å². The quantitative estimate of drug-likeness (QED) is 0.554. The van der Waals surface area contributed by atoms with Crippen molar-refractivity contribution in [3.8, 4) is 0 Å². The van der Waals surface area contributed by atoms with Crippen molar-refractivity contribution in [1.82, 2.24) is 0 Å². The van der Waals surface area contributed by atoms with Crippen LogP contribution in [0.1, 0.15) is 26.7 Å². The molecule has 8 heavy (non-hydrogen) atoms. The zero-order chi connectivity index (χ0) is 6.57. The summed E-state index contributed by atoms with van der Waals surface area (Å²) in [7, 11) is 0. The molecule has 0 spiro atoms. The molecule has 0 radical (unpaired) electrons. The Hall–Kier alpha value is -0.300. The van der Waals surface area contributed by atoms with E-state index in [2.05, 4.69) is 6.58 Å². The second kappa shape index (κ2) is 3.67.